The van der Waals surface area contributed by atoms with Crippen LogP contribution in [0.1, 0.15) is 35.0 Å². The number of hydrogen-bond acceptors (Lipinski definition) is 3. The zero-order chi connectivity index (χ0) is 10.8. The van der Waals surface area contributed by atoms with Crippen molar-refractivity contribution in [3.8, 4) is 0 Å². The minimum atomic E-state index is -0.338. The molecule has 0 radical (unpaired) electrons. The van der Waals surface area contributed by atoms with Crippen LogP contribution in [0.3, 0.4) is 0 Å². The molecule has 2 rings (SSSR count). The van der Waals surface area contributed by atoms with Gasteiger partial charge in [0.25, 0.3) is 0 Å². The van der Waals surface area contributed by atoms with E-state index in [0.29, 0.717) is 11.6 Å². The molecule has 1 aromatic heterocycles. The highest BCUT2D eigenvalue weighted by Gasteiger charge is 2.34. The van der Waals surface area contributed by atoms with Crippen LogP contribution in [0.15, 0.2) is 11.4 Å². The van der Waals surface area contributed by atoms with Crippen molar-refractivity contribution >= 4 is 17.2 Å². The van der Waals surface area contributed by atoms with Crippen molar-refractivity contribution in [2.75, 3.05) is 0 Å². The fourth-order valence-electron chi connectivity index (χ4n) is 1.78. The second-order valence-electron chi connectivity index (χ2n) is 4.06. The molecule has 82 valence electrons. The van der Waals surface area contributed by atoms with Gasteiger partial charge in [0.1, 0.15) is 0 Å². The van der Waals surface area contributed by atoms with Crippen LogP contribution in [0, 0.1) is 5.92 Å². The van der Waals surface area contributed by atoms with Gasteiger partial charge in [-0.05, 0) is 18.4 Å². The Morgan fingerprint density at radius 2 is 2.53 bits per heavy atom. The molecule has 0 aromatic carbocycles. The molecular weight excluding hydrogens is 208 g/mol. The maximum atomic E-state index is 10.9. The van der Waals surface area contributed by atoms with Crippen molar-refractivity contribution in [2.45, 2.75) is 32.4 Å². The Morgan fingerprint density at radius 1 is 1.73 bits per heavy atom. The molecule has 0 aliphatic heterocycles. The smallest absolute Gasteiger partial charge is 0.249 e. The van der Waals surface area contributed by atoms with Gasteiger partial charge in [0.05, 0.1) is 5.56 Å². The Bertz CT molecular complexity index is 361. The topological polar surface area (TPSA) is 55.1 Å². The molecule has 1 heterocycles. The highest BCUT2D eigenvalue weighted by molar-refractivity contribution is 7.10. The van der Waals surface area contributed by atoms with Crippen LogP contribution >= 0.6 is 11.3 Å². The molecule has 1 aromatic rings. The molecule has 15 heavy (non-hydrogen) atoms. The Hall–Kier alpha value is -0.870. The number of hydrogen-bond donors (Lipinski definition) is 2. The monoisotopic (exact) mass is 224 g/mol. The highest BCUT2D eigenvalue weighted by atomic mass is 32.1. The van der Waals surface area contributed by atoms with E-state index in [9.17, 15) is 4.79 Å². The summed E-state index contributed by atoms with van der Waals surface area (Å²) < 4.78 is 0. The number of primary amides is 1. The minimum absolute atomic E-state index is 0.338. The van der Waals surface area contributed by atoms with Crippen LogP contribution < -0.4 is 11.1 Å². The summed E-state index contributed by atoms with van der Waals surface area (Å²) in [5, 5.41) is 5.31. The van der Waals surface area contributed by atoms with Gasteiger partial charge in [0.2, 0.25) is 5.91 Å². The summed E-state index contributed by atoms with van der Waals surface area (Å²) in [7, 11) is 0. The fraction of sp³-hybridized carbons (Fsp3) is 0.545. The van der Waals surface area contributed by atoms with Crippen LogP contribution in [0.25, 0.3) is 0 Å². The van der Waals surface area contributed by atoms with Crippen molar-refractivity contribution in [1.82, 2.24) is 5.32 Å². The third-order valence-corrected chi connectivity index (χ3v) is 3.86. The molecular formula is C11H16N2OS. The van der Waals surface area contributed by atoms with Gasteiger partial charge in [-0.3, -0.25) is 4.79 Å². The SMILES string of the molecule is CCC1CC1NCc1cc(C(N)=O)cs1. The summed E-state index contributed by atoms with van der Waals surface area (Å²) in [6.07, 6.45) is 2.55. The number of carbonyl (C=O) groups excluding carboxylic acids is 1. The van der Waals surface area contributed by atoms with E-state index in [0.717, 1.165) is 12.5 Å². The first-order valence-electron chi connectivity index (χ1n) is 5.31. The lowest BCUT2D eigenvalue weighted by Crippen LogP contribution is -2.16. The summed E-state index contributed by atoms with van der Waals surface area (Å²) in [6.45, 7) is 3.09. The molecule has 1 aliphatic carbocycles. The zero-order valence-corrected chi connectivity index (χ0v) is 9.64. The molecule has 2 atom stereocenters. The molecule has 1 amide bonds. The highest BCUT2D eigenvalue weighted by Crippen LogP contribution is 2.33. The Labute approximate surface area is 93.7 Å². The number of rotatable bonds is 5. The molecule has 1 fully saturated rings. The molecule has 1 saturated carbocycles. The molecule has 3 nitrogen and oxygen atoms in total. The Morgan fingerprint density at radius 3 is 3.07 bits per heavy atom. The lowest BCUT2D eigenvalue weighted by atomic mass is 10.3. The van der Waals surface area contributed by atoms with E-state index in [1.807, 2.05) is 11.4 Å². The fourth-order valence-corrected chi connectivity index (χ4v) is 2.61. The number of nitrogens with two attached hydrogens (primary N) is 1. The average Bonchev–Trinajstić information content (AvgIpc) is 2.81. The average molecular weight is 224 g/mol. The number of carbonyl (C=O) groups is 1. The maximum Gasteiger partial charge on any atom is 0.249 e. The normalized spacial score (nSPS) is 24.1. The molecule has 2 unspecified atom stereocenters. The second kappa shape index (κ2) is 4.33. The first-order valence-corrected chi connectivity index (χ1v) is 6.19. The molecule has 3 N–H and O–H groups in total. The third-order valence-electron chi connectivity index (χ3n) is 2.92. The Kier molecular flexibility index (Phi) is 3.07. The standard InChI is InChI=1S/C11H16N2OS/c1-2-7-4-10(7)13-5-9-3-8(6-15-9)11(12)14/h3,6-7,10,13H,2,4-5H2,1H3,(H2,12,14). The molecule has 0 bridgehead atoms. The summed E-state index contributed by atoms with van der Waals surface area (Å²) in [5.74, 6) is 0.524. The van der Waals surface area contributed by atoms with E-state index < -0.39 is 0 Å². The van der Waals surface area contributed by atoms with Crippen molar-refractivity contribution in [2.24, 2.45) is 11.7 Å². The van der Waals surface area contributed by atoms with Crippen molar-refractivity contribution < 1.29 is 4.79 Å². The predicted molar refractivity (Wildman–Crippen MR) is 61.9 cm³/mol. The lowest BCUT2D eigenvalue weighted by Gasteiger charge is -2.00. The second-order valence-corrected chi connectivity index (χ2v) is 5.05. The largest absolute Gasteiger partial charge is 0.366 e. The number of amides is 1. The van der Waals surface area contributed by atoms with E-state index in [-0.39, 0.29) is 5.91 Å². The van der Waals surface area contributed by atoms with Crippen LogP contribution in [0.2, 0.25) is 0 Å². The van der Waals surface area contributed by atoms with Crippen molar-refractivity contribution in [1.29, 1.82) is 0 Å². The van der Waals surface area contributed by atoms with Crippen LogP contribution in [0.5, 0.6) is 0 Å². The van der Waals surface area contributed by atoms with Gasteiger partial charge in [-0.15, -0.1) is 11.3 Å². The van der Waals surface area contributed by atoms with Crippen molar-refractivity contribution in [3.05, 3.63) is 21.9 Å². The van der Waals surface area contributed by atoms with Crippen LogP contribution in [-0.4, -0.2) is 11.9 Å². The number of nitrogens with one attached hydrogen (secondary N) is 1. The van der Waals surface area contributed by atoms with Gasteiger partial charge in [0.15, 0.2) is 0 Å². The van der Waals surface area contributed by atoms with Gasteiger partial charge in [-0.25, -0.2) is 0 Å². The van der Waals surface area contributed by atoms with Crippen LogP contribution in [0.4, 0.5) is 0 Å². The van der Waals surface area contributed by atoms with E-state index in [2.05, 4.69) is 12.2 Å². The molecule has 0 spiro atoms. The van der Waals surface area contributed by atoms with Gasteiger partial charge in [0, 0.05) is 22.8 Å². The third kappa shape index (κ3) is 2.58. The zero-order valence-electron chi connectivity index (χ0n) is 8.82. The van der Waals surface area contributed by atoms with E-state index in [1.165, 1.54) is 17.7 Å². The minimum Gasteiger partial charge on any atom is -0.366 e. The first-order chi connectivity index (χ1) is 7.20. The van der Waals surface area contributed by atoms with Crippen molar-refractivity contribution in [3.63, 3.8) is 0 Å². The lowest BCUT2D eigenvalue weighted by molar-refractivity contribution is 0.100. The van der Waals surface area contributed by atoms with Gasteiger partial charge in [-0.1, -0.05) is 13.3 Å². The van der Waals surface area contributed by atoms with E-state index in [1.54, 1.807) is 11.3 Å². The summed E-state index contributed by atoms with van der Waals surface area (Å²) in [6, 6.07) is 2.57. The molecule has 1 aliphatic rings. The quantitative estimate of drug-likeness (QED) is 0.800. The summed E-state index contributed by atoms with van der Waals surface area (Å²) >= 11 is 1.59. The molecule has 4 heteroatoms. The summed E-state index contributed by atoms with van der Waals surface area (Å²) in [4.78, 5) is 12.1. The van der Waals surface area contributed by atoms with Crippen LogP contribution in [-0.2, 0) is 6.54 Å². The van der Waals surface area contributed by atoms with E-state index in [4.69, 9.17) is 5.73 Å². The maximum absolute atomic E-state index is 10.9. The first kappa shape index (κ1) is 10.6. The van der Waals surface area contributed by atoms with Gasteiger partial charge in [-0.2, -0.15) is 0 Å². The summed E-state index contributed by atoms with van der Waals surface area (Å²) in [5.41, 5.74) is 5.81. The van der Waals surface area contributed by atoms with Gasteiger partial charge < -0.3 is 11.1 Å². The van der Waals surface area contributed by atoms with E-state index >= 15 is 0 Å². The predicted octanol–water partition coefficient (Wildman–Crippen LogP) is 1.74. The molecule has 0 saturated heterocycles. The Balaban J connectivity index is 1.81. The number of thiophene rings is 1. The van der Waals surface area contributed by atoms with Gasteiger partial charge >= 0.3 is 0 Å².